The van der Waals surface area contributed by atoms with Gasteiger partial charge in [-0.15, -0.1) is 6.58 Å². The van der Waals surface area contributed by atoms with Crippen molar-refractivity contribution in [1.82, 2.24) is 14.3 Å². The monoisotopic (exact) mass is 416 g/mol. The maximum absolute atomic E-state index is 12.5. The van der Waals surface area contributed by atoms with Gasteiger partial charge in [-0.2, -0.15) is 9.78 Å². The highest BCUT2D eigenvalue weighted by atomic mass is 32.1. The number of anilines is 1. The zero-order valence-electron chi connectivity index (χ0n) is 17.6. The number of carbonyl (C=O) groups is 1. The van der Waals surface area contributed by atoms with E-state index in [9.17, 15) is 4.79 Å². The third-order valence-corrected chi connectivity index (χ3v) is 6.18. The van der Waals surface area contributed by atoms with Crippen molar-refractivity contribution in [1.29, 1.82) is 0 Å². The second-order valence-electron chi connectivity index (χ2n) is 7.86. The fraction of sp³-hybridized carbons (Fsp3) is 0.476. The topological polar surface area (TPSA) is 60.7 Å². The summed E-state index contributed by atoms with van der Waals surface area (Å²) < 4.78 is 4.67. The van der Waals surface area contributed by atoms with Gasteiger partial charge >= 0.3 is 0 Å². The largest absolute Gasteiger partial charge is 0.321 e. The number of quaternary nitrogens is 2. The molecule has 1 aliphatic heterocycles. The molecule has 7 nitrogen and oxygen atoms in total. The molecule has 8 heteroatoms. The Morgan fingerprint density at radius 2 is 1.93 bits per heavy atom. The van der Waals surface area contributed by atoms with Crippen LogP contribution >= 0.6 is 12.2 Å². The molecular weight excluding hydrogens is 384 g/mol. The summed E-state index contributed by atoms with van der Waals surface area (Å²) in [4.78, 5) is 15.3. The highest BCUT2D eigenvalue weighted by molar-refractivity contribution is 7.71. The predicted octanol–water partition coefficient (Wildman–Crippen LogP) is -0.0950. The van der Waals surface area contributed by atoms with Gasteiger partial charge in [0.05, 0.1) is 0 Å². The lowest BCUT2D eigenvalue weighted by Gasteiger charge is -2.29. The number of nitrogens with one attached hydrogen (secondary N) is 3. The summed E-state index contributed by atoms with van der Waals surface area (Å²) in [7, 11) is 0. The molecular formula is C21H32N6OS+2. The lowest BCUT2D eigenvalue weighted by atomic mass is 10.1. The Hall–Kier alpha value is -2.29. The summed E-state index contributed by atoms with van der Waals surface area (Å²) in [6.45, 7) is 15.8. The van der Waals surface area contributed by atoms with E-state index in [1.165, 1.54) is 15.4 Å². The van der Waals surface area contributed by atoms with Crippen LogP contribution in [-0.2, 0) is 18.0 Å². The normalized spacial score (nSPS) is 19.1. The fourth-order valence-electron chi connectivity index (χ4n) is 3.80. The second-order valence-corrected chi connectivity index (χ2v) is 8.22. The molecule has 1 fully saturated rings. The first-order valence-corrected chi connectivity index (χ1v) is 10.6. The number of aromatic nitrogens is 3. The van der Waals surface area contributed by atoms with Crippen molar-refractivity contribution in [2.75, 3.05) is 38.0 Å². The number of piperazine rings is 1. The van der Waals surface area contributed by atoms with E-state index in [-0.39, 0.29) is 5.91 Å². The molecule has 156 valence electrons. The summed E-state index contributed by atoms with van der Waals surface area (Å²) in [5.74, 6) is 1.000. The van der Waals surface area contributed by atoms with Crippen molar-refractivity contribution >= 4 is 23.8 Å². The number of allylic oxidation sites excluding steroid dienone is 1. The Kier molecular flexibility index (Phi) is 7.00. The van der Waals surface area contributed by atoms with Crippen LogP contribution in [-0.4, -0.2) is 53.0 Å². The second kappa shape index (κ2) is 9.47. The van der Waals surface area contributed by atoms with Crippen molar-refractivity contribution in [2.24, 2.45) is 0 Å². The summed E-state index contributed by atoms with van der Waals surface area (Å²) in [5.41, 5.74) is 3.24. The van der Waals surface area contributed by atoms with Gasteiger partial charge in [0.15, 0.2) is 13.2 Å². The maximum Gasteiger partial charge on any atom is 0.279 e. The van der Waals surface area contributed by atoms with Crippen LogP contribution in [0.1, 0.15) is 17.0 Å². The van der Waals surface area contributed by atoms with E-state index in [2.05, 4.69) is 30.0 Å². The first kappa shape index (κ1) is 21.4. The van der Waals surface area contributed by atoms with Crippen molar-refractivity contribution in [2.45, 2.75) is 34.0 Å². The van der Waals surface area contributed by atoms with Crippen LogP contribution in [0.25, 0.3) is 0 Å². The third-order valence-electron chi connectivity index (χ3n) is 5.75. The molecule has 1 amide bonds. The molecule has 0 spiro atoms. The van der Waals surface area contributed by atoms with Crippen LogP contribution < -0.4 is 15.1 Å². The van der Waals surface area contributed by atoms with Crippen LogP contribution in [0.3, 0.4) is 0 Å². The number of benzene rings is 1. The van der Waals surface area contributed by atoms with E-state index in [1.807, 2.05) is 41.3 Å². The minimum atomic E-state index is 0.0816. The Morgan fingerprint density at radius 1 is 1.24 bits per heavy atom. The standard InChI is InChI=1S/C21H30N6OS/c1-5-9-26-18(4)23-27(21(26)29)15-25-12-10-24(11-13-25)14-20(28)22-19-8-6-7-16(2)17(19)3/h5-8H,1,9-15H2,2-4H3,(H,22,28)/p+2. The van der Waals surface area contributed by atoms with Gasteiger partial charge in [0.25, 0.3) is 5.91 Å². The van der Waals surface area contributed by atoms with Gasteiger partial charge in [-0.1, -0.05) is 18.2 Å². The van der Waals surface area contributed by atoms with Gasteiger partial charge < -0.3 is 19.7 Å². The van der Waals surface area contributed by atoms with Gasteiger partial charge in [0, 0.05) is 12.2 Å². The first-order valence-electron chi connectivity index (χ1n) is 10.2. The maximum atomic E-state index is 12.5. The lowest BCUT2D eigenvalue weighted by molar-refractivity contribution is -1.02. The molecule has 0 aliphatic carbocycles. The minimum Gasteiger partial charge on any atom is -0.321 e. The Bertz CT molecular complexity index is 939. The van der Waals surface area contributed by atoms with Crippen molar-refractivity contribution in [3.8, 4) is 0 Å². The quantitative estimate of drug-likeness (QED) is 0.437. The Balaban J connectivity index is 1.50. The molecule has 1 aliphatic rings. The molecule has 2 aromatic rings. The smallest absolute Gasteiger partial charge is 0.279 e. The van der Waals surface area contributed by atoms with Crippen molar-refractivity contribution in [3.63, 3.8) is 0 Å². The fourth-order valence-corrected chi connectivity index (χ4v) is 4.12. The summed E-state index contributed by atoms with van der Waals surface area (Å²) in [5, 5.41) is 7.66. The van der Waals surface area contributed by atoms with Gasteiger partial charge in [0.2, 0.25) is 4.77 Å². The van der Waals surface area contributed by atoms with E-state index in [0.717, 1.165) is 54.7 Å². The molecule has 0 unspecified atom stereocenters. The van der Waals surface area contributed by atoms with Crippen LogP contribution in [0.2, 0.25) is 0 Å². The molecule has 2 heterocycles. The molecule has 3 rings (SSSR count). The van der Waals surface area contributed by atoms with Crippen molar-refractivity contribution in [3.05, 3.63) is 52.6 Å². The van der Waals surface area contributed by atoms with Crippen LogP contribution in [0.4, 0.5) is 5.69 Å². The average Bonchev–Trinajstić information content (AvgIpc) is 2.95. The number of amides is 1. The van der Waals surface area contributed by atoms with Crippen LogP contribution in [0.5, 0.6) is 0 Å². The Morgan fingerprint density at radius 3 is 2.62 bits per heavy atom. The Labute approximate surface area is 177 Å². The number of hydrogen-bond donors (Lipinski definition) is 3. The molecule has 0 bridgehead atoms. The van der Waals surface area contributed by atoms with Crippen LogP contribution in [0.15, 0.2) is 30.9 Å². The molecule has 3 N–H and O–H groups in total. The predicted molar refractivity (Wildman–Crippen MR) is 117 cm³/mol. The van der Waals surface area contributed by atoms with E-state index in [0.29, 0.717) is 13.1 Å². The molecule has 0 saturated carbocycles. The number of carbonyl (C=O) groups excluding carboxylic acids is 1. The SMILES string of the molecule is C=CCn1c(C)nn(C[NH+]2CC[NH+](CC(=O)Nc3cccc(C)c3C)CC2)c1=S. The number of nitrogens with zero attached hydrogens (tertiary/aromatic N) is 3. The van der Waals surface area contributed by atoms with Gasteiger partial charge in [-0.3, -0.25) is 4.79 Å². The van der Waals surface area contributed by atoms with E-state index >= 15 is 0 Å². The van der Waals surface area contributed by atoms with Crippen LogP contribution in [0, 0.1) is 25.5 Å². The minimum absolute atomic E-state index is 0.0816. The zero-order chi connectivity index (χ0) is 21.0. The zero-order valence-corrected chi connectivity index (χ0v) is 18.4. The van der Waals surface area contributed by atoms with E-state index in [1.54, 1.807) is 0 Å². The summed E-state index contributed by atoms with van der Waals surface area (Å²) in [6.07, 6.45) is 1.84. The molecule has 0 atom stereocenters. The number of rotatable bonds is 7. The molecule has 0 radical (unpaired) electrons. The third kappa shape index (κ3) is 5.20. The van der Waals surface area contributed by atoms with Gasteiger partial charge in [-0.25, -0.2) is 0 Å². The molecule has 1 aromatic heterocycles. The van der Waals surface area contributed by atoms with Gasteiger partial charge in [0.1, 0.15) is 32.0 Å². The first-order chi connectivity index (χ1) is 13.9. The number of aryl methyl sites for hydroxylation is 2. The molecule has 1 aromatic carbocycles. The highest BCUT2D eigenvalue weighted by Crippen LogP contribution is 2.17. The van der Waals surface area contributed by atoms with Gasteiger partial charge in [-0.05, 0) is 50.2 Å². The van der Waals surface area contributed by atoms with E-state index < -0.39 is 0 Å². The van der Waals surface area contributed by atoms with E-state index in [4.69, 9.17) is 12.2 Å². The summed E-state index contributed by atoms with van der Waals surface area (Å²) in [6, 6.07) is 6.01. The number of hydrogen-bond acceptors (Lipinski definition) is 3. The average molecular weight is 417 g/mol. The lowest BCUT2D eigenvalue weighted by Crippen LogP contribution is -3.28. The summed E-state index contributed by atoms with van der Waals surface area (Å²) >= 11 is 5.55. The van der Waals surface area contributed by atoms with Crippen molar-refractivity contribution < 1.29 is 14.6 Å². The highest BCUT2D eigenvalue weighted by Gasteiger charge is 2.26. The molecule has 29 heavy (non-hydrogen) atoms. The molecule has 1 saturated heterocycles.